The first-order chi connectivity index (χ1) is 14.0. The lowest BCUT2D eigenvalue weighted by atomic mass is 10.1. The van der Waals surface area contributed by atoms with Crippen molar-refractivity contribution >= 4 is 21.6 Å². The number of ether oxygens (including phenoxy) is 1. The molecule has 1 amide bonds. The van der Waals surface area contributed by atoms with E-state index in [4.69, 9.17) is 4.74 Å². The number of carbonyl (C=O) groups is 1. The number of rotatable bonds is 8. The molecule has 0 fully saturated rings. The summed E-state index contributed by atoms with van der Waals surface area (Å²) in [7, 11) is -2.21. The van der Waals surface area contributed by atoms with Crippen LogP contribution in [0.4, 0.5) is 5.69 Å². The monoisotopic (exact) mass is 410 g/mol. The summed E-state index contributed by atoms with van der Waals surface area (Å²) in [6.07, 6.45) is 0.727. The SMILES string of the molecule is COc1ccc(NS(=O)(=O)c2ccc(C(=O)NCCc3ccccc3)cc2)cc1. The molecule has 29 heavy (non-hydrogen) atoms. The van der Waals surface area contributed by atoms with Gasteiger partial charge in [0.15, 0.2) is 0 Å². The first-order valence-electron chi connectivity index (χ1n) is 9.07. The minimum absolute atomic E-state index is 0.0779. The van der Waals surface area contributed by atoms with Crippen molar-refractivity contribution in [2.45, 2.75) is 11.3 Å². The number of hydrogen-bond donors (Lipinski definition) is 2. The third-order valence-corrected chi connectivity index (χ3v) is 5.71. The molecule has 3 aromatic rings. The molecule has 0 heterocycles. The van der Waals surface area contributed by atoms with Crippen molar-refractivity contribution in [2.24, 2.45) is 0 Å². The van der Waals surface area contributed by atoms with Crippen LogP contribution in [0.25, 0.3) is 0 Å². The molecule has 6 nitrogen and oxygen atoms in total. The van der Waals surface area contributed by atoms with Crippen LogP contribution in [-0.4, -0.2) is 28.0 Å². The van der Waals surface area contributed by atoms with Gasteiger partial charge >= 0.3 is 0 Å². The van der Waals surface area contributed by atoms with Crippen LogP contribution in [0.2, 0.25) is 0 Å². The standard InChI is InChI=1S/C22H22N2O4S/c1-28-20-11-9-19(10-12-20)24-29(26,27)21-13-7-18(8-14-21)22(25)23-16-15-17-5-3-2-4-6-17/h2-14,24H,15-16H2,1H3,(H,23,25). The van der Waals surface area contributed by atoms with Gasteiger partial charge in [-0.3, -0.25) is 9.52 Å². The Labute approximate surface area is 170 Å². The van der Waals surface area contributed by atoms with Crippen LogP contribution in [0.1, 0.15) is 15.9 Å². The summed E-state index contributed by atoms with van der Waals surface area (Å²) in [5.41, 5.74) is 1.97. The van der Waals surface area contributed by atoms with Gasteiger partial charge in [-0.05, 0) is 60.5 Å². The van der Waals surface area contributed by atoms with Crippen molar-refractivity contribution in [3.63, 3.8) is 0 Å². The van der Waals surface area contributed by atoms with Gasteiger partial charge in [-0.2, -0.15) is 0 Å². The molecule has 0 aliphatic rings. The molecule has 3 aromatic carbocycles. The van der Waals surface area contributed by atoms with Gasteiger partial charge in [-0.15, -0.1) is 0 Å². The largest absolute Gasteiger partial charge is 0.497 e. The fourth-order valence-electron chi connectivity index (χ4n) is 2.73. The van der Waals surface area contributed by atoms with Crippen LogP contribution < -0.4 is 14.8 Å². The molecule has 0 aliphatic heterocycles. The highest BCUT2D eigenvalue weighted by molar-refractivity contribution is 7.92. The maximum absolute atomic E-state index is 12.5. The van der Waals surface area contributed by atoms with Crippen molar-refractivity contribution in [3.05, 3.63) is 90.0 Å². The summed E-state index contributed by atoms with van der Waals surface area (Å²) in [5.74, 6) is 0.392. The number of carbonyl (C=O) groups excluding carboxylic acids is 1. The Morgan fingerprint density at radius 1 is 0.897 bits per heavy atom. The van der Waals surface area contributed by atoms with Crippen LogP contribution in [0.5, 0.6) is 5.75 Å². The summed E-state index contributed by atoms with van der Waals surface area (Å²) in [6.45, 7) is 0.502. The highest BCUT2D eigenvalue weighted by Gasteiger charge is 2.15. The maximum Gasteiger partial charge on any atom is 0.261 e. The van der Waals surface area contributed by atoms with Gasteiger partial charge < -0.3 is 10.1 Å². The lowest BCUT2D eigenvalue weighted by molar-refractivity contribution is 0.0954. The summed E-state index contributed by atoms with van der Waals surface area (Å²) in [6, 6.07) is 22.3. The molecule has 150 valence electrons. The number of sulfonamides is 1. The zero-order chi connectivity index (χ0) is 20.7. The highest BCUT2D eigenvalue weighted by Crippen LogP contribution is 2.19. The number of hydrogen-bond acceptors (Lipinski definition) is 4. The average molecular weight is 410 g/mol. The molecule has 0 radical (unpaired) electrons. The second-order valence-corrected chi connectivity index (χ2v) is 8.03. The third kappa shape index (κ3) is 5.58. The molecule has 0 aliphatic carbocycles. The Hall–Kier alpha value is -3.32. The number of nitrogens with one attached hydrogen (secondary N) is 2. The number of amides is 1. The molecule has 3 rings (SSSR count). The predicted octanol–water partition coefficient (Wildman–Crippen LogP) is 3.47. The van der Waals surface area contributed by atoms with Crippen LogP contribution in [-0.2, 0) is 16.4 Å². The molecule has 0 aromatic heterocycles. The predicted molar refractivity (Wildman–Crippen MR) is 113 cm³/mol. The van der Waals surface area contributed by atoms with E-state index in [1.807, 2.05) is 30.3 Å². The average Bonchev–Trinajstić information content (AvgIpc) is 2.75. The fourth-order valence-corrected chi connectivity index (χ4v) is 3.78. The quantitative estimate of drug-likeness (QED) is 0.596. The minimum atomic E-state index is -3.75. The van der Waals surface area contributed by atoms with Gasteiger partial charge in [0.1, 0.15) is 5.75 Å². The Morgan fingerprint density at radius 3 is 2.17 bits per heavy atom. The normalized spacial score (nSPS) is 10.9. The molecule has 0 atom stereocenters. The molecule has 0 saturated carbocycles. The third-order valence-electron chi connectivity index (χ3n) is 4.31. The highest BCUT2D eigenvalue weighted by atomic mass is 32.2. The zero-order valence-corrected chi connectivity index (χ0v) is 16.8. The summed E-state index contributed by atoms with van der Waals surface area (Å²) >= 11 is 0. The van der Waals surface area contributed by atoms with Gasteiger partial charge in [0, 0.05) is 17.8 Å². The van der Waals surface area contributed by atoms with E-state index in [1.165, 1.54) is 24.3 Å². The molecular weight excluding hydrogens is 388 g/mol. The van der Waals surface area contributed by atoms with Gasteiger partial charge in [-0.1, -0.05) is 30.3 Å². The van der Waals surface area contributed by atoms with E-state index in [2.05, 4.69) is 10.0 Å². The summed E-state index contributed by atoms with van der Waals surface area (Å²) in [5, 5.41) is 2.84. The van der Waals surface area contributed by atoms with E-state index in [0.29, 0.717) is 23.5 Å². The molecule has 0 spiro atoms. The minimum Gasteiger partial charge on any atom is -0.497 e. The molecule has 7 heteroatoms. The van der Waals surface area contributed by atoms with E-state index >= 15 is 0 Å². The summed E-state index contributed by atoms with van der Waals surface area (Å²) < 4.78 is 32.6. The van der Waals surface area contributed by atoms with E-state index in [-0.39, 0.29) is 10.8 Å². The molecule has 0 unspecified atom stereocenters. The van der Waals surface area contributed by atoms with Crippen molar-refractivity contribution in [1.82, 2.24) is 5.32 Å². The molecular formula is C22H22N2O4S. The van der Waals surface area contributed by atoms with Gasteiger partial charge in [0.2, 0.25) is 0 Å². The van der Waals surface area contributed by atoms with Crippen LogP contribution >= 0.6 is 0 Å². The van der Waals surface area contributed by atoms with Crippen molar-refractivity contribution in [2.75, 3.05) is 18.4 Å². The molecule has 2 N–H and O–H groups in total. The van der Waals surface area contributed by atoms with Crippen molar-refractivity contribution in [3.8, 4) is 5.75 Å². The number of anilines is 1. The van der Waals surface area contributed by atoms with E-state index < -0.39 is 10.0 Å². The van der Waals surface area contributed by atoms with E-state index in [1.54, 1.807) is 31.4 Å². The lowest BCUT2D eigenvalue weighted by Crippen LogP contribution is -2.25. The Kier molecular flexibility index (Phi) is 6.51. The van der Waals surface area contributed by atoms with Crippen LogP contribution in [0, 0.1) is 0 Å². The van der Waals surface area contributed by atoms with Crippen molar-refractivity contribution < 1.29 is 17.9 Å². The smallest absolute Gasteiger partial charge is 0.261 e. The van der Waals surface area contributed by atoms with Crippen LogP contribution in [0.15, 0.2) is 83.8 Å². The van der Waals surface area contributed by atoms with E-state index in [0.717, 1.165) is 12.0 Å². The van der Waals surface area contributed by atoms with Gasteiger partial charge in [-0.25, -0.2) is 8.42 Å². The Balaban J connectivity index is 1.59. The maximum atomic E-state index is 12.5. The number of benzene rings is 3. The topological polar surface area (TPSA) is 84.5 Å². The second kappa shape index (κ2) is 9.25. The Bertz CT molecular complexity index is 1050. The zero-order valence-electron chi connectivity index (χ0n) is 16.0. The Morgan fingerprint density at radius 2 is 1.55 bits per heavy atom. The molecule has 0 saturated heterocycles. The molecule has 0 bridgehead atoms. The fraction of sp³-hybridized carbons (Fsp3) is 0.136. The van der Waals surface area contributed by atoms with E-state index in [9.17, 15) is 13.2 Å². The van der Waals surface area contributed by atoms with Gasteiger partial charge in [0.25, 0.3) is 15.9 Å². The van der Waals surface area contributed by atoms with Gasteiger partial charge in [0.05, 0.1) is 12.0 Å². The van der Waals surface area contributed by atoms with Crippen LogP contribution in [0.3, 0.4) is 0 Å². The first-order valence-corrected chi connectivity index (χ1v) is 10.6. The second-order valence-electron chi connectivity index (χ2n) is 6.35. The summed E-state index contributed by atoms with van der Waals surface area (Å²) in [4.78, 5) is 12.3. The lowest BCUT2D eigenvalue weighted by Gasteiger charge is -2.10. The number of methoxy groups -OCH3 is 1. The van der Waals surface area contributed by atoms with Crippen molar-refractivity contribution in [1.29, 1.82) is 0 Å². The first kappa shape index (κ1) is 20.4.